The lowest BCUT2D eigenvalue weighted by molar-refractivity contribution is 0.0968. The summed E-state index contributed by atoms with van der Waals surface area (Å²) in [6.07, 6.45) is 0.584. The van der Waals surface area contributed by atoms with Crippen LogP contribution in [0.2, 0.25) is 0 Å². The molecule has 26 heavy (non-hydrogen) atoms. The third-order valence-electron chi connectivity index (χ3n) is 4.66. The number of carbonyl (C=O) groups is 1. The van der Waals surface area contributed by atoms with Crippen LogP contribution in [0.15, 0.2) is 30.3 Å². The monoisotopic (exact) mass is 376 g/mol. The topological polar surface area (TPSA) is 68.6 Å². The lowest BCUT2D eigenvalue weighted by Gasteiger charge is -2.14. The minimum absolute atomic E-state index is 0.0874. The van der Waals surface area contributed by atoms with Gasteiger partial charge in [-0.05, 0) is 57.5 Å². The second-order valence-corrected chi connectivity index (χ2v) is 8.56. The number of hydrogen-bond donors (Lipinski definition) is 0. The Bertz CT molecular complexity index is 914. The molecule has 140 valence electrons. The number of nitrogens with zero attached hydrogens (tertiary/aromatic N) is 2. The van der Waals surface area contributed by atoms with Crippen molar-refractivity contribution < 1.29 is 17.9 Å². The van der Waals surface area contributed by atoms with E-state index in [1.165, 1.54) is 4.31 Å². The van der Waals surface area contributed by atoms with Gasteiger partial charge in [0.1, 0.15) is 5.75 Å². The molecule has 1 aromatic heterocycles. The molecule has 0 spiro atoms. The number of carbonyl (C=O) groups excluding carboxylic acids is 1. The van der Waals surface area contributed by atoms with Gasteiger partial charge in [-0.25, -0.2) is 8.42 Å². The van der Waals surface area contributed by atoms with Crippen LogP contribution in [-0.4, -0.2) is 48.5 Å². The zero-order valence-electron chi connectivity index (χ0n) is 15.4. The van der Waals surface area contributed by atoms with Crippen LogP contribution in [0.5, 0.6) is 5.75 Å². The van der Waals surface area contributed by atoms with E-state index in [0.29, 0.717) is 25.1 Å². The summed E-state index contributed by atoms with van der Waals surface area (Å²) in [6, 6.07) is 9.52. The van der Waals surface area contributed by atoms with Crippen molar-refractivity contribution >= 4 is 15.8 Å². The molecule has 1 aliphatic heterocycles. The lowest BCUT2D eigenvalue weighted by Crippen LogP contribution is -2.31. The Morgan fingerprint density at radius 3 is 2.46 bits per heavy atom. The first-order valence-electron chi connectivity index (χ1n) is 8.76. The summed E-state index contributed by atoms with van der Waals surface area (Å²) in [7, 11) is -3.28. The predicted molar refractivity (Wildman–Crippen MR) is 101 cm³/mol. The van der Waals surface area contributed by atoms with Crippen LogP contribution in [0.1, 0.15) is 35.1 Å². The van der Waals surface area contributed by atoms with Crippen LogP contribution in [0, 0.1) is 13.8 Å². The molecule has 0 unspecified atom stereocenters. The molecule has 0 atom stereocenters. The SMILES string of the molecule is CCOc1ccc(-n2c(C)cc(C(=O)CN3CCCS3(=O)=O)c2C)cc1. The summed E-state index contributed by atoms with van der Waals surface area (Å²) in [4.78, 5) is 12.7. The molecule has 1 saturated heterocycles. The highest BCUT2D eigenvalue weighted by molar-refractivity contribution is 7.89. The Kier molecular flexibility index (Phi) is 5.20. The second kappa shape index (κ2) is 7.25. The van der Waals surface area contributed by atoms with Crippen LogP contribution in [0.25, 0.3) is 5.69 Å². The molecule has 3 rings (SSSR count). The van der Waals surface area contributed by atoms with E-state index >= 15 is 0 Å². The molecule has 2 heterocycles. The summed E-state index contributed by atoms with van der Waals surface area (Å²) in [5.41, 5.74) is 3.25. The van der Waals surface area contributed by atoms with E-state index < -0.39 is 10.0 Å². The van der Waals surface area contributed by atoms with E-state index in [1.54, 1.807) is 0 Å². The minimum Gasteiger partial charge on any atom is -0.494 e. The molecule has 0 saturated carbocycles. The van der Waals surface area contributed by atoms with Crippen LogP contribution >= 0.6 is 0 Å². The van der Waals surface area contributed by atoms with Gasteiger partial charge in [0.25, 0.3) is 0 Å². The maximum absolute atomic E-state index is 12.7. The van der Waals surface area contributed by atoms with Gasteiger partial charge in [-0.3, -0.25) is 4.79 Å². The molecule has 6 nitrogen and oxygen atoms in total. The first-order valence-corrected chi connectivity index (χ1v) is 10.4. The van der Waals surface area contributed by atoms with Gasteiger partial charge in [0.15, 0.2) is 5.78 Å². The molecule has 0 radical (unpaired) electrons. The van der Waals surface area contributed by atoms with Gasteiger partial charge in [0.2, 0.25) is 10.0 Å². The van der Waals surface area contributed by atoms with Crippen LogP contribution in [0.4, 0.5) is 0 Å². The fourth-order valence-corrected chi connectivity index (χ4v) is 4.89. The highest BCUT2D eigenvalue weighted by atomic mass is 32.2. The van der Waals surface area contributed by atoms with Gasteiger partial charge >= 0.3 is 0 Å². The Morgan fingerprint density at radius 1 is 1.19 bits per heavy atom. The standard InChI is InChI=1S/C19H24N2O4S/c1-4-25-17-8-6-16(7-9-17)21-14(2)12-18(15(21)3)19(22)13-20-10-5-11-26(20,23)24/h6-9,12H,4-5,10-11,13H2,1-3H3. The van der Waals surface area contributed by atoms with Crippen molar-refractivity contribution in [3.05, 3.63) is 47.3 Å². The first kappa shape index (κ1) is 18.7. The number of aromatic nitrogens is 1. The largest absolute Gasteiger partial charge is 0.494 e. The van der Waals surface area contributed by atoms with Crippen LogP contribution < -0.4 is 4.74 Å². The Morgan fingerprint density at radius 2 is 1.88 bits per heavy atom. The quantitative estimate of drug-likeness (QED) is 0.727. The van der Waals surface area contributed by atoms with Gasteiger partial charge in [0, 0.05) is 29.2 Å². The van der Waals surface area contributed by atoms with Crippen molar-refractivity contribution in [3.8, 4) is 11.4 Å². The minimum atomic E-state index is -3.28. The third kappa shape index (κ3) is 3.54. The van der Waals surface area contributed by atoms with Crippen LogP contribution in [-0.2, 0) is 10.0 Å². The van der Waals surface area contributed by atoms with E-state index in [0.717, 1.165) is 22.8 Å². The average molecular weight is 376 g/mol. The zero-order chi connectivity index (χ0) is 18.9. The normalized spacial score (nSPS) is 16.7. The molecule has 0 bridgehead atoms. The van der Waals surface area contributed by atoms with Crippen molar-refractivity contribution in [2.75, 3.05) is 25.4 Å². The Hall–Kier alpha value is -2.12. The van der Waals surface area contributed by atoms with Crippen molar-refractivity contribution in [1.82, 2.24) is 8.87 Å². The van der Waals surface area contributed by atoms with Gasteiger partial charge in [-0.15, -0.1) is 0 Å². The van der Waals surface area contributed by atoms with E-state index in [2.05, 4.69) is 0 Å². The molecular formula is C19H24N2O4S. The number of benzene rings is 1. The molecule has 0 aliphatic carbocycles. The van der Waals surface area contributed by atoms with Crippen molar-refractivity contribution in [2.24, 2.45) is 0 Å². The summed E-state index contributed by atoms with van der Waals surface area (Å²) in [5, 5.41) is 0. The number of ketones is 1. The number of sulfonamides is 1. The van der Waals surface area contributed by atoms with Crippen LogP contribution in [0.3, 0.4) is 0 Å². The maximum Gasteiger partial charge on any atom is 0.214 e. The molecule has 7 heteroatoms. The van der Waals surface area contributed by atoms with Crippen molar-refractivity contribution in [1.29, 1.82) is 0 Å². The predicted octanol–water partition coefficient (Wildman–Crippen LogP) is 2.71. The van der Waals surface area contributed by atoms with E-state index in [1.807, 2.05) is 55.7 Å². The van der Waals surface area contributed by atoms with Crippen molar-refractivity contribution in [3.63, 3.8) is 0 Å². The number of Topliss-reactive ketones (excluding diaryl/α,β-unsaturated/α-hetero) is 1. The summed E-state index contributed by atoms with van der Waals surface area (Å²) < 4.78 is 32.7. The molecule has 0 amide bonds. The molecule has 1 aromatic carbocycles. The molecule has 0 N–H and O–H groups in total. The molecule has 1 aliphatic rings. The van der Waals surface area contributed by atoms with E-state index in [-0.39, 0.29) is 18.1 Å². The smallest absolute Gasteiger partial charge is 0.214 e. The molecule has 2 aromatic rings. The highest BCUT2D eigenvalue weighted by Gasteiger charge is 2.31. The Balaban J connectivity index is 1.86. The fraction of sp³-hybridized carbons (Fsp3) is 0.421. The number of ether oxygens (including phenoxy) is 1. The molecular weight excluding hydrogens is 352 g/mol. The number of aryl methyl sites for hydroxylation is 1. The van der Waals surface area contributed by atoms with Gasteiger partial charge < -0.3 is 9.30 Å². The maximum atomic E-state index is 12.7. The summed E-state index contributed by atoms with van der Waals surface area (Å²) in [6.45, 7) is 6.70. The number of rotatable bonds is 6. The Labute approximate surface area is 154 Å². The second-order valence-electron chi connectivity index (χ2n) is 6.47. The van der Waals surface area contributed by atoms with Gasteiger partial charge in [-0.1, -0.05) is 0 Å². The van der Waals surface area contributed by atoms with Crippen molar-refractivity contribution in [2.45, 2.75) is 27.2 Å². The summed E-state index contributed by atoms with van der Waals surface area (Å²) in [5.74, 6) is 0.765. The first-order chi connectivity index (χ1) is 12.3. The third-order valence-corrected chi connectivity index (χ3v) is 6.56. The highest BCUT2D eigenvalue weighted by Crippen LogP contribution is 2.24. The van der Waals surface area contributed by atoms with E-state index in [9.17, 15) is 13.2 Å². The van der Waals surface area contributed by atoms with E-state index in [4.69, 9.17) is 4.74 Å². The summed E-state index contributed by atoms with van der Waals surface area (Å²) >= 11 is 0. The van der Waals surface area contributed by atoms with Gasteiger partial charge in [0.05, 0.1) is 18.9 Å². The molecule has 1 fully saturated rings. The fourth-order valence-electron chi connectivity index (χ4n) is 3.41. The lowest BCUT2D eigenvalue weighted by atomic mass is 10.1. The number of hydrogen-bond acceptors (Lipinski definition) is 4. The zero-order valence-corrected chi connectivity index (χ0v) is 16.2. The average Bonchev–Trinajstić information content (AvgIpc) is 3.07. The van der Waals surface area contributed by atoms with Gasteiger partial charge in [-0.2, -0.15) is 4.31 Å².